The van der Waals surface area contributed by atoms with Crippen molar-refractivity contribution in [2.75, 3.05) is 5.73 Å². The van der Waals surface area contributed by atoms with Crippen molar-refractivity contribution in [3.63, 3.8) is 0 Å². The molecule has 0 saturated heterocycles. The average Bonchev–Trinajstić information content (AvgIpc) is 2.46. The van der Waals surface area contributed by atoms with E-state index in [1.165, 1.54) is 0 Å². The van der Waals surface area contributed by atoms with Gasteiger partial charge >= 0.3 is 0 Å². The number of nitrogen functional groups attached to an aromatic ring is 1. The van der Waals surface area contributed by atoms with E-state index in [9.17, 15) is 5.26 Å². The second kappa shape index (κ2) is 5.30. The number of nitrogens with zero attached hydrogens (tertiary/aromatic N) is 1. The number of benzene rings is 2. The number of anilines is 1. The van der Waals surface area contributed by atoms with Crippen molar-refractivity contribution in [3.05, 3.63) is 68.6 Å². The summed E-state index contributed by atoms with van der Waals surface area (Å²) in [6.45, 7) is 0. The molecule has 3 rings (SSSR count). The molecule has 2 aromatic carbocycles. The Bertz CT molecular complexity index is 792. The first-order valence-electron chi connectivity index (χ1n) is 6.32. The third-order valence-electron chi connectivity index (χ3n) is 3.42. The Labute approximate surface area is 136 Å². The van der Waals surface area contributed by atoms with Gasteiger partial charge in [-0.1, -0.05) is 12.1 Å². The first-order valence-corrected chi connectivity index (χ1v) is 7.40. The molecule has 4 nitrogen and oxygen atoms in total. The summed E-state index contributed by atoms with van der Waals surface area (Å²) in [7, 11) is 0. The van der Waals surface area contributed by atoms with Crippen LogP contribution >= 0.6 is 22.6 Å². The van der Waals surface area contributed by atoms with Crippen molar-refractivity contribution in [2.24, 2.45) is 5.73 Å². The summed E-state index contributed by atoms with van der Waals surface area (Å²) in [6, 6.07) is 15.5. The topological polar surface area (TPSA) is 85.1 Å². The van der Waals surface area contributed by atoms with E-state index < -0.39 is 0 Å². The third-order valence-corrected chi connectivity index (χ3v) is 4.09. The number of nitriles is 1. The smallest absolute Gasteiger partial charge is 0.205 e. The van der Waals surface area contributed by atoms with Crippen LogP contribution in [0.1, 0.15) is 17.0 Å². The number of allylic oxidation sites excluding steroid dienone is 1. The van der Waals surface area contributed by atoms with Gasteiger partial charge in [0.15, 0.2) is 0 Å². The predicted octanol–water partition coefficient (Wildman–Crippen LogP) is 3.09. The normalized spacial score (nSPS) is 16.9. The standard InChI is InChI=1S/C16H12IN3O/c17-10-3-1-2-9(6-10)15-12-7-11(19)4-5-14(12)21-16(20)13(15)8-18/h1-7,15H,19-20H2/t15-/m0/s1. The molecule has 21 heavy (non-hydrogen) atoms. The number of ether oxygens (including phenoxy) is 1. The molecule has 1 atom stereocenters. The van der Waals surface area contributed by atoms with Crippen LogP contribution in [-0.4, -0.2) is 0 Å². The summed E-state index contributed by atoms with van der Waals surface area (Å²) in [5, 5.41) is 9.46. The monoisotopic (exact) mass is 389 g/mol. The quantitative estimate of drug-likeness (QED) is 0.580. The molecule has 4 N–H and O–H groups in total. The summed E-state index contributed by atoms with van der Waals surface area (Å²) in [6.07, 6.45) is 0. The van der Waals surface area contributed by atoms with Gasteiger partial charge in [-0.05, 0) is 58.5 Å². The minimum absolute atomic E-state index is 0.152. The minimum Gasteiger partial charge on any atom is -0.440 e. The average molecular weight is 389 g/mol. The number of hydrogen-bond acceptors (Lipinski definition) is 4. The highest BCUT2D eigenvalue weighted by Crippen LogP contribution is 2.42. The zero-order valence-corrected chi connectivity index (χ0v) is 13.2. The number of halogens is 1. The molecule has 0 fully saturated rings. The molecule has 5 heteroatoms. The maximum absolute atomic E-state index is 9.46. The summed E-state index contributed by atoms with van der Waals surface area (Å²) in [5.41, 5.74) is 14.7. The van der Waals surface area contributed by atoms with Crippen LogP contribution < -0.4 is 16.2 Å². The summed E-state index contributed by atoms with van der Waals surface area (Å²) >= 11 is 2.25. The summed E-state index contributed by atoms with van der Waals surface area (Å²) in [4.78, 5) is 0. The zero-order chi connectivity index (χ0) is 15.0. The van der Waals surface area contributed by atoms with Crippen LogP contribution in [0, 0.1) is 14.9 Å². The van der Waals surface area contributed by atoms with Crippen molar-refractivity contribution in [1.82, 2.24) is 0 Å². The molecule has 1 aliphatic heterocycles. The van der Waals surface area contributed by atoms with E-state index in [0.717, 1.165) is 14.7 Å². The second-order valence-corrected chi connectivity index (χ2v) is 6.02. The fraction of sp³-hybridized carbons (Fsp3) is 0.0625. The van der Waals surface area contributed by atoms with Crippen molar-refractivity contribution in [2.45, 2.75) is 5.92 Å². The van der Waals surface area contributed by atoms with Gasteiger partial charge in [0.05, 0.1) is 5.92 Å². The highest BCUT2D eigenvalue weighted by atomic mass is 127. The maximum Gasteiger partial charge on any atom is 0.205 e. The lowest BCUT2D eigenvalue weighted by Gasteiger charge is -2.26. The third kappa shape index (κ3) is 2.43. The lowest BCUT2D eigenvalue weighted by molar-refractivity contribution is 0.394. The van der Waals surface area contributed by atoms with Crippen molar-refractivity contribution in [1.29, 1.82) is 5.26 Å². The number of rotatable bonds is 1. The van der Waals surface area contributed by atoms with E-state index >= 15 is 0 Å². The van der Waals surface area contributed by atoms with Gasteiger partial charge in [0.25, 0.3) is 0 Å². The van der Waals surface area contributed by atoms with Crippen LogP contribution in [0.4, 0.5) is 5.69 Å². The van der Waals surface area contributed by atoms with E-state index in [-0.39, 0.29) is 11.8 Å². The molecule has 104 valence electrons. The number of nitrogens with two attached hydrogens (primary N) is 2. The second-order valence-electron chi connectivity index (χ2n) is 4.78. The molecule has 0 saturated carbocycles. The highest BCUT2D eigenvalue weighted by Gasteiger charge is 2.30. The number of hydrogen-bond donors (Lipinski definition) is 2. The Balaban J connectivity index is 2.25. The summed E-state index contributed by atoms with van der Waals surface area (Å²) < 4.78 is 6.65. The molecule has 1 aliphatic rings. The molecule has 0 unspecified atom stereocenters. The molecule has 1 heterocycles. The van der Waals surface area contributed by atoms with Gasteiger partial charge in [0.1, 0.15) is 17.4 Å². The molecular formula is C16H12IN3O. The van der Waals surface area contributed by atoms with Crippen LogP contribution in [0.15, 0.2) is 53.9 Å². The van der Waals surface area contributed by atoms with E-state index in [0.29, 0.717) is 17.0 Å². The lowest BCUT2D eigenvalue weighted by atomic mass is 9.83. The molecular weight excluding hydrogens is 377 g/mol. The lowest BCUT2D eigenvalue weighted by Crippen LogP contribution is -2.21. The van der Waals surface area contributed by atoms with Gasteiger partial charge < -0.3 is 16.2 Å². The maximum atomic E-state index is 9.46. The van der Waals surface area contributed by atoms with Gasteiger partial charge in [0.2, 0.25) is 5.88 Å². The molecule has 0 radical (unpaired) electrons. The predicted molar refractivity (Wildman–Crippen MR) is 89.3 cm³/mol. The highest BCUT2D eigenvalue weighted by molar-refractivity contribution is 14.1. The Morgan fingerprint density at radius 3 is 2.67 bits per heavy atom. The molecule has 0 spiro atoms. The summed E-state index contributed by atoms with van der Waals surface area (Å²) in [5.74, 6) is 0.542. The molecule has 0 aromatic heterocycles. The van der Waals surface area contributed by atoms with Crippen molar-refractivity contribution >= 4 is 28.3 Å². The van der Waals surface area contributed by atoms with Crippen LogP contribution in [0.5, 0.6) is 5.75 Å². The van der Waals surface area contributed by atoms with Gasteiger partial charge in [-0.25, -0.2) is 0 Å². The molecule has 0 amide bonds. The van der Waals surface area contributed by atoms with Gasteiger partial charge in [-0.3, -0.25) is 0 Å². The molecule has 0 aliphatic carbocycles. The Morgan fingerprint density at radius 2 is 1.95 bits per heavy atom. The van der Waals surface area contributed by atoms with Gasteiger partial charge in [-0.2, -0.15) is 5.26 Å². The van der Waals surface area contributed by atoms with E-state index in [1.54, 1.807) is 12.1 Å². The minimum atomic E-state index is -0.253. The van der Waals surface area contributed by atoms with Crippen LogP contribution in [0.3, 0.4) is 0 Å². The zero-order valence-electron chi connectivity index (χ0n) is 11.0. The fourth-order valence-corrected chi connectivity index (χ4v) is 3.08. The molecule has 2 aromatic rings. The van der Waals surface area contributed by atoms with Crippen LogP contribution in [-0.2, 0) is 0 Å². The first kappa shape index (κ1) is 13.8. The van der Waals surface area contributed by atoms with E-state index in [4.69, 9.17) is 16.2 Å². The first-order chi connectivity index (χ1) is 10.1. The number of fused-ring (bicyclic) bond motifs is 1. The van der Waals surface area contributed by atoms with Gasteiger partial charge in [-0.15, -0.1) is 0 Å². The van der Waals surface area contributed by atoms with E-state index in [1.807, 2.05) is 30.3 Å². The largest absolute Gasteiger partial charge is 0.440 e. The Kier molecular flexibility index (Phi) is 3.47. The fourth-order valence-electron chi connectivity index (χ4n) is 2.51. The Hall–Kier alpha value is -2.20. The van der Waals surface area contributed by atoms with Crippen LogP contribution in [0.2, 0.25) is 0 Å². The van der Waals surface area contributed by atoms with E-state index in [2.05, 4.69) is 28.7 Å². The van der Waals surface area contributed by atoms with Crippen molar-refractivity contribution < 1.29 is 4.74 Å². The molecule has 0 bridgehead atoms. The van der Waals surface area contributed by atoms with Crippen LogP contribution in [0.25, 0.3) is 0 Å². The SMILES string of the molecule is N#CC1=C(N)Oc2ccc(N)cc2[C@@H]1c1cccc(I)c1. The Morgan fingerprint density at radius 1 is 1.14 bits per heavy atom. The van der Waals surface area contributed by atoms with Gasteiger partial charge in [0, 0.05) is 14.8 Å². The van der Waals surface area contributed by atoms with Crippen molar-refractivity contribution in [3.8, 4) is 11.8 Å².